The van der Waals surface area contributed by atoms with Crippen LogP contribution < -0.4 is 9.62 Å². The first-order chi connectivity index (χ1) is 13.0. The number of benzene rings is 2. The number of fused-ring (bicyclic) bond motifs is 1. The normalized spacial score (nSPS) is 14.9. The van der Waals surface area contributed by atoms with Gasteiger partial charge >= 0.3 is 0 Å². The molecule has 0 spiro atoms. The van der Waals surface area contributed by atoms with Crippen molar-refractivity contribution in [2.45, 2.75) is 17.4 Å². The van der Waals surface area contributed by atoms with Crippen molar-refractivity contribution in [2.24, 2.45) is 0 Å². The summed E-state index contributed by atoms with van der Waals surface area (Å²) in [7, 11) is -3.61. The summed E-state index contributed by atoms with van der Waals surface area (Å²) in [5.74, 6) is 0.741. The van der Waals surface area contributed by atoms with E-state index in [0.717, 1.165) is 28.9 Å². The second-order valence-electron chi connectivity index (χ2n) is 6.41. The van der Waals surface area contributed by atoms with Gasteiger partial charge in [0.1, 0.15) is 11.8 Å². The average molecular weight is 447 g/mol. The molecule has 0 amide bonds. The van der Waals surface area contributed by atoms with Gasteiger partial charge in [0.25, 0.3) is 0 Å². The second kappa shape index (κ2) is 7.50. The number of sulfonamides is 1. The molecule has 2 heterocycles. The van der Waals surface area contributed by atoms with Gasteiger partial charge in [-0.2, -0.15) is 0 Å². The summed E-state index contributed by atoms with van der Waals surface area (Å²) in [6, 6.07) is 18.3. The Bertz CT molecular complexity index is 1020. The van der Waals surface area contributed by atoms with Gasteiger partial charge in [-0.25, -0.2) is 13.1 Å². The van der Waals surface area contributed by atoms with Gasteiger partial charge in [0.15, 0.2) is 0 Å². The largest absolute Gasteiger partial charge is 0.467 e. The van der Waals surface area contributed by atoms with Crippen LogP contribution in [0.2, 0.25) is 0 Å². The summed E-state index contributed by atoms with van der Waals surface area (Å²) in [6.45, 7) is 1.05. The highest BCUT2D eigenvalue weighted by molar-refractivity contribution is 9.10. The molecular formula is C20H19BrN2O3S. The third-order valence-electron chi connectivity index (χ3n) is 4.76. The van der Waals surface area contributed by atoms with E-state index in [1.165, 1.54) is 5.56 Å². The van der Waals surface area contributed by atoms with Crippen LogP contribution in [-0.2, 0) is 16.4 Å². The van der Waals surface area contributed by atoms with Crippen LogP contribution in [0, 0.1) is 0 Å². The van der Waals surface area contributed by atoms with E-state index >= 15 is 0 Å². The fraction of sp³-hybridized carbons (Fsp3) is 0.200. The van der Waals surface area contributed by atoms with Gasteiger partial charge in [-0.1, -0.05) is 34.1 Å². The Morgan fingerprint density at radius 3 is 2.59 bits per heavy atom. The Kier molecular flexibility index (Phi) is 5.08. The minimum absolute atomic E-state index is 0.214. The van der Waals surface area contributed by atoms with Gasteiger partial charge in [-0.15, -0.1) is 0 Å². The predicted octanol–water partition coefficient (Wildman–Crippen LogP) is 4.12. The molecule has 0 saturated carbocycles. The van der Waals surface area contributed by atoms with E-state index in [2.05, 4.69) is 37.7 Å². The van der Waals surface area contributed by atoms with Crippen LogP contribution in [-0.4, -0.2) is 21.5 Å². The van der Waals surface area contributed by atoms with E-state index < -0.39 is 10.0 Å². The molecule has 1 N–H and O–H groups in total. The van der Waals surface area contributed by atoms with Crippen LogP contribution in [0.3, 0.4) is 0 Å². The van der Waals surface area contributed by atoms with Crippen molar-refractivity contribution in [1.82, 2.24) is 4.72 Å². The lowest BCUT2D eigenvalue weighted by molar-refractivity contribution is 0.447. The third kappa shape index (κ3) is 3.81. The highest BCUT2D eigenvalue weighted by atomic mass is 79.9. The summed E-state index contributed by atoms with van der Waals surface area (Å²) >= 11 is 3.33. The quantitative estimate of drug-likeness (QED) is 0.618. The number of para-hydroxylation sites is 1. The topological polar surface area (TPSA) is 62.6 Å². The van der Waals surface area contributed by atoms with E-state index in [0.29, 0.717) is 0 Å². The van der Waals surface area contributed by atoms with E-state index in [9.17, 15) is 8.42 Å². The lowest BCUT2D eigenvalue weighted by Gasteiger charge is -2.29. The average Bonchev–Trinajstić information content (AvgIpc) is 3.33. The van der Waals surface area contributed by atoms with Gasteiger partial charge in [0.2, 0.25) is 10.0 Å². The number of anilines is 1. The molecule has 0 unspecified atom stereocenters. The summed E-state index contributed by atoms with van der Waals surface area (Å²) in [4.78, 5) is 2.45. The number of halogens is 1. The summed E-state index contributed by atoms with van der Waals surface area (Å²) in [5.41, 5.74) is 2.39. The molecule has 0 bridgehead atoms. The number of nitrogens with one attached hydrogen (secondary N) is 1. The molecule has 1 aliphatic rings. The van der Waals surface area contributed by atoms with Crippen LogP contribution in [0.5, 0.6) is 0 Å². The molecule has 0 aliphatic carbocycles. The summed E-state index contributed by atoms with van der Waals surface area (Å²) < 4.78 is 34.6. The number of hydrogen-bond acceptors (Lipinski definition) is 4. The molecule has 0 fully saturated rings. The van der Waals surface area contributed by atoms with Crippen LogP contribution in [0.1, 0.15) is 17.4 Å². The van der Waals surface area contributed by atoms with E-state index in [1.807, 2.05) is 24.3 Å². The van der Waals surface area contributed by atoms with Gasteiger partial charge in [0.05, 0.1) is 11.2 Å². The smallest absolute Gasteiger partial charge is 0.240 e. The first kappa shape index (κ1) is 18.3. The van der Waals surface area contributed by atoms with E-state index in [1.54, 1.807) is 30.5 Å². The zero-order valence-electron chi connectivity index (χ0n) is 14.5. The standard InChI is InChI=1S/C20H19BrN2O3S/c21-16-7-9-17(10-8-16)27(24,25)22-14-19(20-6-3-13-26-20)23-12-11-15-4-1-2-5-18(15)23/h1-10,13,19,22H,11-12,14H2/t19-/m1/s1. The van der Waals surface area contributed by atoms with Crippen molar-refractivity contribution in [3.63, 3.8) is 0 Å². The molecule has 0 saturated heterocycles. The van der Waals surface area contributed by atoms with Gasteiger partial charge in [-0.05, 0) is 54.4 Å². The minimum Gasteiger partial charge on any atom is -0.467 e. The molecule has 1 atom stereocenters. The van der Waals surface area contributed by atoms with Gasteiger partial charge < -0.3 is 9.32 Å². The first-order valence-corrected chi connectivity index (χ1v) is 11.0. The lowest BCUT2D eigenvalue weighted by atomic mass is 10.1. The Morgan fingerprint density at radius 2 is 1.85 bits per heavy atom. The van der Waals surface area contributed by atoms with Crippen LogP contribution >= 0.6 is 15.9 Å². The molecule has 27 heavy (non-hydrogen) atoms. The number of rotatable bonds is 6. The molecule has 1 aliphatic heterocycles. The van der Waals surface area contributed by atoms with Crippen LogP contribution in [0.25, 0.3) is 0 Å². The second-order valence-corrected chi connectivity index (χ2v) is 9.09. The fourth-order valence-corrected chi connectivity index (χ4v) is 4.72. The molecule has 2 aromatic carbocycles. The lowest BCUT2D eigenvalue weighted by Crippen LogP contribution is -2.37. The Morgan fingerprint density at radius 1 is 1.07 bits per heavy atom. The SMILES string of the molecule is O=S(=O)(NC[C@H](c1ccco1)N1CCc2ccccc21)c1ccc(Br)cc1. The van der Waals surface area contributed by atoms with Gasteiger partial charge in [-0.3, -0.25) is 0 Å². The highest BCUT2D eigenvalue weighted by Gasteiger charge is 2.30. The number of nitrogens with zero attached hydrogens (tertiary/aromatic N) is 1. The first-order valence-electron chi connectivity index (χ1n) is 8.68. The van der Waals surface area contributed by atoms with Crippen LogP contribution in [0.4, 0.5) is 5.69 Å². The minimum atomic E-state index is -3.61. The van der Waals surface area contributed by atoms with Crippen molar-refractivity contribution >= 4 is 31.6 Å². The van der Waals surface area contributed by atoms with E-state index in [-0.39, 0.29) is 17.5 Å². The van der Waals surface area contributed by atoms with Crippen molar-refractivity contribution in [2.75, 3.05) is 18.0 Å². The predicted molar refractivity (Wildman–Crippen MR) is 108 cm³/mol. The maximum Gasteiger partial charge on any atom is 0.240 e. The highest BCUT2D eigenvalue weighted by Crippen LogP contribution is 2.35. The molecule has 7 heteroatoms. The van der Waals surface area contributed by atoms with Crippen LogP contribution in [0.15, 0.2) is 80.7 Å². The van der Waals surface area contributed by atoms with Crippen molar-refractivity contribution < 1.29 is 12.8 Å². The molecule has 4 rings (SSSR count). The Balaban J connectivity index is 1.59. The van der Waals surface area contributed by atoms with Crippen molar-refractivity contribution in [1.29, 1.82) is 0 Å². The fourth-order valence-electron chi connectivity index (χ4n) is 3.42. The zero-order chi connectivity index (χ0) is 18.9. The maximum atomic E-state index is 12.7. The number of hydrogen-bond donors (Lipinski definition) is 1. The zero-order valence-corrected chi connectivity index (χ0v) is 16.9. The molecule has 140 valence electrons. The summed E-state index contributed by atoms with van der Waals surface area (Å²) in [5, 5.41) is 0. The van der Waals surface area contributed by atoms with Crippen molar-refractivity contribution in [3.8, 4) is 0 Å². The Labute approximate surface area is 167 Å². The Hall–Kier alpha value is -2.09. The molecule has 3 aromatic rings. The number of furan rings is 1. The third-order valence-corrected chi connectivity index (χ3v) is 6.73. The maximum absolute atomic E-state index is 12.7. The molecule has 5 nitrogen and oxygen atoms in total. The van der Waals surface area contributed by atoms with Gasteiger partial charge in [0, 0.05) is 23.2 Å². The molecular weight excluding hydrogens is 428 g/mol. The van der Waals surface area contributed by atoms with Crippen molar-refractivity contribution in [3.05, 3.63) is 82.7 Å². The monoisotopic (exact) mass is 446 g/mol. The molecule has 0 radical (unpaired) electrons. The molecule has 1 aromatic heterocycles. The van der Waals surface area contributed by atoms with E-state index in [4.69, 9.17) is 4.42 Å². The summed E-state index contributed by atoms with van der Waals surface area (Å²) in [6.07, 6.45) is 2.56.